The van der Waals surface area contributed by atoms with Gasteiger partial charge < -0.3 is 9.64 Å². The number of carbonyl (C=O) groups excluding carboxylic acids is 1. The molecule has 0 spiro atoms. The smallest absolute Gasteiger partial charge is 0.139 e. The van der Waals surface area contributed by atoms with Crippen molar-refractivity contribution < 1.29 is 9.53 Å². The summed E-state index contributed by atoms with van der Waals surface area (Å²) >= 11 is 0. The lowest BCUT2D eigenvalue weighted by atomic mass is 9.48. The molecule has 4 aliphatic rings. The monoisotopic (exact) mass is 459 g/mol. The van der Waals surface area contributed by atoms with Crippen molar-refractivity contribution >= 4 is 30.6 Å². The number of allylic oxidation sites excluding steroid dienone is 1. The van der Waals surface area contributed by atoms with Crippen molar-refractivity contribution in [1.29, 1.82) is 0 Å². The molecule has 4 rings (SSSR count). The lowest BCUT2D eigenvalue weighted by molar-refractivity contribution is -0.132. The summed E-state index contributed by atoms with van der Waals surface area (Å²) in [5.41, 5.74) is 2.03. The van der Waals surface area contributed by atoms with Crippen LogP contribution in [-0.2, 0) is 9.53 Å². The molecule has 0 aromatic rings. The van der Waals surface area contributed by atoms with Crippen LogP contribution in [0, 0.1) is 28.6 Å². The summed E-state index contributed by atoms with van der Waals surface area (Å²) in [7, 11) is 0. The zero-order valence-electron chi connectivity index (χ0n) is 19.5. The van der Waals surface area contributed by atoms with Crippen LogP contribution < -0.4 is 0 Å². The van der Waals surface area contributed by atoms with E-state index in [1.54, 1.807) is 5.57 Å². The molecule has 0 saturated heterocycles. The third-order valence-corrected chi connectivity index (χ3v) is 9.42. The molecule has 0 amide bonds. The number of rotatable bonds is 6. The van der Waals surface area contributed by atoms with Gasteiger partial charge >= 0.3 is 0 Å². The van der Waals surface area contributed by atoms with Gasteiger partial charge in [-0.3, -0.25) is 4.79 Å². The van der Waals surface area contributed by atoms with E-state index in [0.29, 0.717) is 23.2 Å². The van der Waals surface area contributed by atoms with Crippen molar-refractivity contribution in [3.05, 3.63) is 11.6 Å². The molecule has 5 heteroatoms. The van der Waals surface area contributed by atoms with E-state index in [2.05, 4.69) is 38.7 Å². The average molecular weight is 461 g/mol. The van der Waals surface area contributed by atoms with Crippen LogP contribution in [0.15, 0.2) is 11.6 Å². The minimum atomic E-state index is -0.00634. The Kier molecular flexibility index (Phi) is 8.93. The van der Waals surface area contributed by atoms with E-state index in [1.165, 1.54) is 25.7 Å². The molecule has 3 saturated carbocycles. The first-order valence-corrected chi connectivity index (χ1v) is 12.0. The molecule has 0 bridgehead atoms. The summed E-state index contributed by atoms with van der Waals surface area (Å²) in [5, 5.41) is 0. The molecule has 174 valence electrons. The van der Waals surface area contributed by atoms with Crippen molar-refractivity contribution in [3.63, 3.8) is 0 Å². The molecule has 0 aromatic carbocycles. The molecule has 0 radical (unpaired) electrons. The fourth-order valence-electron chi connectivity index (χ4n) is 7.43. The first-order valence-electron chi connectivity index (χ1n) is 12.0. The average Bonchev–Trinajstić information content (AvgIpc) is 3.00. The molecular formula is C25H43Cl2NO2. The highest BCUT2D eigenvalue weighted by Crippen LogP contribution is 2.64. The van der Waals surface area contributed by atoms with Crippen molar-refractivity contribution in [2.45, 2.75) is 85.2 Å². The number of likely N-dealkylation sites (N-methyl/N-ethyl adjacent to an activating group) is 1. The molecule has 0 aromatic heterocycles. The number of ether oxygens (including phenoxy) is 1. The fraction of sp³-hybridized carbons (Fsp3) is 0.880. The van der Waals surface area contributed by atoms with Crippen LogP contribution in [0.1, 0.15) is 79.1 Å². The van der Waals surface area contributed by atoms with Gasteiger partial charge in [-0.2, -0.15) is 0 Å². The normalized spacial score (nSPS) is 39.9. The largest absolute Gasteiger partial charge is 0.377 e. The highest BCUT2D eigenvalue weighted by Gasteiger charge is 2.58. The zero-order chi connectivity index (χ0) is 19.9. The molecule has 3 nitrogen and oxygen atoms in total. The van der Waals surface area contributed by atoms with Gasteiger partial charge in [-0.1, -0.05) is 39.3 Å². The molecule has 1 unspecified atom stereocenters. The number of nitrogens with zero attached hydrogens (tertiary/aromatic N) is 1. The maximum atomic E-state index is 12.6. The first kappa shape index (κ1) is 26.2. The number of carbonyl (C=O) groups is 1. The van der Waals surface area contributed by atoms with Crippen molar-refractivity contribution in [2.75, 3.05) is 26.2 Å². The van der Waals surface area contributed by atoms with Crippen LogP contribution in [0.3, 0.4) is 0 Å². The number of hydrogen-bond acceptors (Lipinski definition) is 3. The van der Waals surface area contributed by atoms with Crippen LogP contribution in [0.5, 0.6) is 0 Å². The Morgan fingerprint density at radius 2 is 1.70 bits per heavy atom. The highest BCUT2D eigenvalue weighted by atomic mass is 35.5. The molecule has 0 aliphatic heterocycles. The number of fused-ring (bicyclic) bond motifs is 5. The molecule has 0 N–H and O–H groups in total. The minimum absolute atomic E-state index is 0. The fourth-order valence-corrected chi connectivity index (χ4v) is 7.43. The zero-order valence-corrected chi connectivity index (χ0v) is 21.1. The standard InChI is InChI=1S/C25H41NO2.2ClH/c1-5-26(6-2)15-16-28-19-11-13-24(3)18(17-19)7-8-20-21-9-10-23(27)25(21,4)14-12-22(20)24;;/h7,19-22H,5-6,8-17H2,1-4H3;2*1H/t19?,20-,21-,22+,24-,25-;;/m0../s1. The predicted molar refractivity (Wildman–Crippen MR) is 129 cm³/mol. The van der Waals surface area contributed by atoms with E-state index in [-0.39, 0.29) is 30.2 Å². The van der Waals surface area contributed by atoms with E-state index in [4.69, 9.17) is 4.74 Å². The number of Topliss-reactive ketones (excluding diaryl/α,β-unsaturated/α-hetero) is 1. The molecule has 4 aliphatic carbocycles. The molecule has 6 atom stereocenters. The van der Waals surface area contributed by atoms with Gasteiger partial charge in [-0.15, -0.1) is 24.8 Å². The summed E-state index contributed by atoms with van der Waals surface area (Å²) in [5.74, 6) is 2.71. The predicted octanol–water partition coefficient (Wildman–Crippen LogP) is 6.09. The highest BCUT2D eigenvalue weighted by molar-refractivity contribution is 5.87. The molecule has 3 fully saturated rings. The summed E-state index contributed by atoms with van der Waals surface area (Å²) in [6.45, 7) is 13.4. The summed E-state index contributed by atoms with van der Waals surface area (Å²) in [6, 6.07) is 0. The minimum Gasteiger partial charge on any atom is -0.377 e. The summed E-state index contributed by atoms with van der Waals surface area (Å²) < 4.78 is 6.32. The Morgan fingerprint density at radius 1 is 1.03 bits per heavy atom. The van der Waals surface area contributed by atoms with Gasteiger partial charge in [0, 0.05) is 18.4 Å². The molecular weight excluding hydrogens is 417 g/mol. The SMILES string of the molecule is CCN(CC)CCOC1CC[C@@]2(C)C(=CC[C@@H]3[C@H]2CC[C@]2(C)C(=O)CC[C@@H]32)C1.Cl.Cl. The van der Waals surface area contributed by atoms with Gasteiger partial charge in [0.05, 0.1) is 12.7 Å². The first-order chi connectivity index (χ1) is 13.4. The summed E-state index contributed by atoms with van der Waals surface area (Å²) in [4.78, 5) is 15.0. The Bertz CT molecular complexity index is 635. The van der Waals surface area contributed by atoms with E-state index < -0.39 is 0 Å². The lowest BCUT2D eigenvalue weighted by Gasteiger charge is -2.57. The Labute approximate surface area is 196 Å². The van der Waals surface area contributed by atoms with E-state index in [1.807, 2.05) is 0 Å². The number of hydrogen-bond donors (Lipinski definition) is 0. The number of halogens is 2. The second-order valence-corrected chi connectivity index (χ2v) is 10.4. The second kappa shape index (κ2) is 10.2. The maximum Gasteiger partial charge on any atom is 0.139 e. The number of ketones is 1. The third-order valence-electron chi connectivity index (χ3n) is 9.42. The van der Waals surface area contributed by atoms with Gasteiger partial charge in [0.1, 0.15) is 5.78 Å². The lowest BCUT2D eigenvalue weighted by Crippen LogP contribution is -2.50. The van der Waals surface area contributed by atoms with Crippen molar-refractivity contribution in [3.8, 4) is 0 Å². The Balaban J connectivity index is 0.00000160. The van der Waals surface area contributed by atoms with Crippen molar-refractivity contribution in [1.82, 2.24) is 4.90 Å². The van der Waals surface area contributed by atoms with Crippen LogP contribution >= 0.6 is 24.8 Å². The van der Waals surface area contributed by atoms with Gasteiger partial charge in [-0.25, -0.2) is 0 Å². The van der Waals surface area contributed by atoms with Crippen LogP contribution in [0.4, 0.5) is 0 Å². The van der Waals surface area contributed by atoms with E-state index in [9.17, 15) is 4.79 Å². The third kappa shape index (κ3) is 4.38. The van der Waals surface area contributed by atoms with E-state index in [0.717, 1.165) is 63.8 Å². The molecule has 0 heterocycles. The van der Waals surface area contributed by atoms with Gasteiger partial charge in [0.2, 0.25) is 0 Å². The van der Waals surface area contributed by atoms with Crippen LogP contribution in [0.25, 0.3) is 0 Å². The van der Waals surface area contributed by atoms with Crippen LogP contribution in [0.2, 0.25) is 0 Å². The Hall–Kier alpha value is -0.0900. The van der Waals surface area contributed by atoms with E-state index >= 15 is 0 Å². The second-order valence-electron chi connectivity index (χ2n) is 10.4. The van der Waals surface area contributed by atoms with Crippen molar-refractivity contribution in [2.24, 2.45) is 28.6 Å². The molecule has 30 heavy (non-hydrogen) atoms. The quantitative estimate of drug-likeness (QED) is 0.450. The Morgan fingerprint density at radius 3 is 2.40 bits per heavy atom. The van der Waals surface area contributed by atoms with Gasteiger partial charge in [0.15, 0.2) is 0 Å². The maximum absolute atomic E-state index is 12.6. The van der Waals surface area contributed by atoms with Gasteiger partial charge in [0.25, 0.3) is 0 Å². The topological polar surface area (TPSA) is 29.5 Å². The van der Waals surface area contributed by atoms with Gasteiger partial charge in [-0.05, 0) is 81.2 Å². The summed E-state index contributed by atoms with van der Waals surface area (Å²) in [6.07, 6.45) is 12.2. The van der Waals surface area contributed by atoms with Crippen LogP contribution in [-0.4, -0.2) is 43.0 Å².